The number of likely N-dealkylation sites (tertiary alicyclic amines) is 1. The minimum Gasteiger partial charge on any atom is -0.459 e. The normalized spacial score (nSPS) is 18.2. The number of carbonyl (C=O) groups is 1. The Bertz CT molecular complexity index is 1060. The van der Waals surface area contributed by atoms with E-state index in [4.69, 9.17) is 4.42 Å². The molecule has 6 nitrogen and oxygen atoms in total. The van der Waals surface area contributed by atoms with Gasteiger partial charge in [-0.25, -0.2) is 9.50 Å². The summed E-state index contributed by atoms with van der Waals surface area (Å²) in [4.78, 5) is 18.7. The standard InChI is InChI=1S/C21H23F3N4O2/c1-20(2,3)16-11-18-25-14(10-17(21(22,23)24)28(18)26-16)13-6-4-8-27(12-13)19(29)15-7-5-9-30-15/h5,7,9-11,13H,4,6,8,12H2,1-3H3/t13-/m1/s1. The number of amides is 1. The Hall–Kier alpha value is -2.84. The molecule has 0 unspecified atom stereocenters. The quantitative estimate of drug-likeness (QED) is 0.605. The second kappa shape index (κ2) is 7.14. The molecule has 160 valence electrons. The average Bonchev–Trinajstić information content (AvgIpc) is 3.35. The third-order valence-electron chi connectivity index (χ3n) is 5.36. The van der Waals surface area contributed by atoms with Crippen molar-refractivity contribution >= 4 is 11.6 Å². The lowest BCUT2D eigenvalue weighted by atomic mass is 9.92. The predicted octanol–water partition coefficient (Wildman–Crippen LogP) is 4.66. The molecule has 0 bridgehead atoms. The zero-order valence-corrected chi connectivity index (χ0v) is 17.0. The van der Waals surface area contributed by atoms with Gasteiger partial charge < -0.3 is 9.32 Å². The van der Waals surface area contributed by atoms with Gasteiger partial charge in [-0.05, 0) is 31.0 Å². The highest BCUT2D eigenvalue weighted by atomic mass is 19.4. The van der Waals surface area contributed by atoms with Crippen molar-refractivity contribution < 1.29 is 22.4 Å². The summed E-state index contributed by atoms with van der Waals surface area (Å²) in [5, 5.41) is 4.17. The van der Waals surface area contributed by atoms with E-state index in [1.165, 1.54) is 6.26 Å². The second-order valence-corrected chi connectivity index (χ2v) is 8.68. The number of hydrogen-bond donors (Lipinski definition) is 0. The topological polar surface area (TPSA) is 63.6 Å². The van der Waals surface area contributed by atoms with Crippen molar-refractivity contribution in [1.29, 1.82) is 0 Å². The molecule has 1 saturated heterocycles. The van der Waals surface area contributed by atoms with Crippen LogP contribution in [0.25, 0.3) is 5.65 Å². The maximum absolute atomic E-state index is 13.8. The molecule has 1 aliphatic heterocycles. The van der Waals surface area contributed by atoms with E-state index in [1.807, 2.05) is 20.8 Å². The average molecular weight is 420 g/mol. The van der Waals surface area contributed by atoms with Gasteiger partial charge >= 0.3 is 6.18 Å². The molecule has 1 fully saturated rings. The monoisotopic (exact) mass is 420 g/mol. The van der Waals surface area contributed by atoms with Crippen LogP contribution in [0.4, 0.5) is 13.2 Å². The Balaban J connectivity index is 1.72. The molecule has 4 heterocycles. The summed E-state index contributed by atoms with van der Waals surface area (Å²) < 4.78 is 47.4. The van der Waals surface area contributed by atoms with Gasteiger partial charge in [0.25, 0.3) is 5.91 Å². The smallest absolute Gasteiger partial charge is 0.433 e. The third kappa shape index (κ3) is 3.80. The Morgan fingerprint density at radius 1 is 1.23 bits per heavy atom. The molecule has 3 aromatic rings. The Morgan fingerprint density at radius 3 is 2.63 bits per heavy atom. The number of piperidine rings is 1. The fourth-order valence-electron chi connectivity index (χ4n) is 3.73. The Morgan fingerprint density at radius 2 is 2.00 bits per heavy atom. The highest BCUT2D eigenvalue weighted by Crippen LogP contribution is 2.34. The first-order valence-electron chi connectivity index (χ1n) is 9.85. The summed E-state index contributed by atoms with van der Waals surface area (Å²) in [5.74, 6) is -0.335. The Labute approximate surface area is 171 Å². The van der Waals surface area contributed by atoms with Gasteiger partial charge in [-0.15, -0.1) is 0 Å². The zero-order chi connectivity index (χ0) is 21.7. The van der Waals surface area contributed by atoms with Gasteiger partial charge in [-0.1, -0.05) is 20.8 Å². The number of carbonyl (C=O) groups excluding carboxylic acids is 1. The van der Waals surface area contributed by atoms with Crippen molar-refractivity contribution in [3.63, 3.8) is 0 Å². The zero-order valence-electron chi connectivity index (χ0n) is 17.0. The van der Waals surface area contributed by atoms with E-state index < -0.39 is 17.3 Å². The molecule has 0 spiro atoms. The molecule has 1 aliphatic rings. The van der Waals surface area contributed by atoms with Gasteiger partial charge in [0, 0.05) is 36.2 Å². The molecule has 1 amide bonds. The number of nitrogens with zero attached hydrogens (tertiary/aromatic N) is 4. The first-order chi connectivity index (χ1) is 14.0. The van der Waals surface area contributed by atoms with Crippen molar-refractivity contribution in [1.82, 2.24) is 19.5 Å². The summed E-state index contributed by atoms with van der Waals surface area (Å²) in [6.07, 6.45) is -1.82. The van der Waals surface area contributed by atoms with Crippen LogP contribution in [0.1, 0.15) is 67.2 Å². The molecule has 4 rings (SSSR count). The number of rotatable bonds is 2. The first kappa shape index (κ1) is 20.4. The third-order valence-corrected chi connectivity index (χ3v) is 5.36. The maximum Gasteiger partial charge on any atom is 0.433 e. The van der Waals surface area contributed by atoms with E-state index in [1.54, 1.807) is 23.1 Å². The van der Waals surface area contributed by atoms with Crippen molar-refractivity contribution in [3.8, 4) is 0 Å². The van der Waals surface area contributed by atoms with Crippen LogP contribution in [0.2, 0.25) is 0 Å². The van der Waals surface area contributed by atoms with Crippen LogP contribution in [0.3, 0.4) is 0 Å². The number of halogens is 3. The van der Waals surface area contributed by atoms with Gasteiger partial charge in [0.05, 0.1) is 12.0 Å². The molecule has 1 atom stereocenters. The van der Waals surface area contributed by atoms with Crippen LogP contribution in [0, 0.1) is 0 Å². The van der Waals surface area contributed by atoms with Crippen LogP contribution in [-0.4, -0.2) is 38.5 Å². The van der Waals surface area contributed by atoms with E-state index in [0.717, 1.165) is 10.6 Å². The number of fused-ring (bicyclic) bond motifs is 1. The molecule has 0 saturated carbocycles. The number of alkyl halides is 3. The lowest BCUT2D eigenvalue weighted by Crippen LogP contribution is -2.39. The van der Waals surface area contributed by atoms with Crippen LogP contribution in [-0.2, 0) is 11.6 Å². The molecule has 3 aromatic heterocycles. The second-order valence-electron chi connectivity index (χ2n) is 8.68. The fraction of sp³-hybridized carbons (Fsp3) is 0.476. The molecular formula is C21H23F3N4O2. The number of aromatic nitrogens is 3. The number of furan rings is 1. The van der Waals surface area contributed by atoms with E-state index >= 15 is 0 Å². The van der Waals surface area contributed by atoms with E-state index in [0.29, 0.717) is 37.3 Å². The highest BCUT2D eigenvalue weighted by molar-refractivity contribution is 5.91. The molecule has 0 N–H and O–H groups in total. The summed E-state index contributed by atoms with van der Waals surface area (Å²) in [6, 6.07) is 5.88. The predicted molar refractivity (Wildman–Crippen MR) is 103 cm³/mol. The van der Waals surface area contributed by atoms with Gasteiger partial charge in [0.1, 0.15) is 5.69 Å². The van der Waals surface area contributed by atoms with E-state index in [-0.39, 0.29) is 23.2 Å². The first-order valence-corrected chi connectivity index (χ1v) is 9.85. The molecule has 30 heavy (non-hydrogen) atoms. The van der Waals surface area contributed by atoms with E-state index in [2.05, 4.69) is 10.1 Å². The van der Waals surface area contributed by atoms with E-state index in [9.17, 15) is 18.0 Å². The Kier molecular flexibility index (Phi) is 4.86. The summed E-state index contributed by atoms with van der Waals surface area (Å²) in [6.45, 7) is 6.50. The van der Waals surface area contributed by atoms with Crippen LogP contribution >= 0.6 is 0 Å². The summed E-state index contributed by atoms with van der Waals surface area (Å²) >= 11 is 0. The molecule has 0 aliphatic carbocycles. The summed E-state index contributed by atoms with van der Waals surface area (Å²) in [5.41, 5.74) is -0.233. The van der Waals surface area contributed by atoms with Crippen LogP contribution in [0.15, 0.2) is 34.9 Å². The summed E-state index contributed by atoms with van der Waals surface area (Å²) in [7, 11) is 0. The maximum atomic E-state index is 13.8. The number of hydrogen-bond acceptors (Lipinski definition) is 4. The van der Waals surface area contributed by atoms with Gasteiger partial charge in [0.2, 0.25) is 0 Å². The molecule has 0 aromatic carbocycles. The van der Waals surface area contributed by atoms with Crippen LogP contribution in [0.5, 0.6) is 0 Å². The minimum absolute atomic E-state index is 0.166. The highest BCUT2D eigenvalue weighted by Gasteiger charge is 2.37. The van der Waals surface area contributed by atoms with Crippen molar-refractivity contribution in [3.05, 3.63) is 53.4 Å². The van der Waals surface area contributed by atoms with Crippen LogP contribution < -0.4 is 0 Å². The van der Waals surface area contributed by atoms with Crippen molar-refractivity contribution in [2.45, 2.75) is 51.1 Å². The van der Waals surface area contributed by atoms with Gasteiger partial charge in [-0.2, -0.15) is 18.3 Å². The largest absolute Gasteiger partial charge is 0.459 e. The van der Waals surface area contributed by atoms with Crippen molar-refractivity contribution in [2.24, 2.45) is 0 Å². The lowest BCUT2D eigenvalue weighted by Gasteiger charge is -2.32. The minimum atomic E-state index is -4.57. The SMILES string of the molecule is CC(C)(C)c1cc2nc([C@@H]3CCCN(C(=O)c4ccco4)C3)cc(C(F)(F)F)n2n1. The molecule has 0 radical (unpaired) electrons. The molecule has 9 heteroatoms. The lowest BCUT2D eigenvalue weighted by molar-refractivity contribution is -0.142. The van der Waals surface area contributed by atoms with Gasteiger partial charge in [0.15, 0.2) is 11.4 Å². The fourth-order valence-corrected chi connectivity index (χ4v) is 3.73. The van der Waals surface area contributed by atoms with Gasteiger partial charge in [-0.3, -0.25) is 4.79 Å². The van der Waals surface area contributed by atoms with Crippen molar-refractivity contribution in [2.75, 3.05) is 13.1 Å². The molecular weight excluding hydrogens is 397 g/mol.